The molecule has 82 valence electrons. The Labute approximate surface area is 85.5 Å². The van der Waals surface area contributed by atoms with Crippen LogP contribution in [0, 0.1) is 0 Å². The Kier molecular flexibility index (Phi) is 4.94. The molecule has 0 aromatic heterocycles. The van der Waals surface area contributed by atoms with Crippen molar-refractivity contribution in [3.05, 3.63) is 0 Å². The normalized spacial score (nSPS) is 27.4. The average molecular weight is 200 g/mol. The van der Waals surface area contributed by atoms with Crippen LogP contribution in [0.3, 0.4) is 0 Å². The molecule has 1 aliphatic heterocycles. The van der Waals surface area contributed by atoms with E-state index < -0.39 is 12.1 Å². The van der Waals surface area contributed by atoms with Crippen LogP contribution in [0.25, 0.3) is 0 Å². The Morgan fingerprint density at radius 1 is 1.36 bits per heavy atom. The molecule has 0 aromatic carbocycles. The summed E-state index contributed by atoms with van der Waals surface area (Å²) >= 11 is 0. The highest BCUT2D eigenvalue weighted by atomic mass is 16.6. The Bertz CT molecular complexity index is 179. The first-order valence-corrected chi connectivity index (χ1v) is 5.62. The van der Waals surface area contributed by atoms with Crippen molar-refractivity contribution < 1.29 is 14.6 Å². The number of esters is 1. The molecule has 1 aliphatic rings. The Morgan fingerprint density at radius 3 is 2.79 bits per heavy atom. The fourth-order valence-electron chi connectivity index (χ4n) is 1.77. The van der Waals surface area contributed by atoms with Crippen LogP contribution in [-0.2, 0) is 9.53 Å². The standard InChI is InChI=1S/C11H20O3/c1-2-3-4-5-6-9-7-8-10(12)11(13)14-9/h9-10,12H,2-8H2,1H3. The molecular formula is C11H20O3. The van der Waals surface area contributed by atoms with Crippen molar-refractivity contribution in [1.82, 2.24) is 0 Å². The van der Waals surface area contributed by atoms with E-state index in [-0.39, 0.29) is 6.10 Å². The first-order valence-electron chi connectivity index (χ1n) is 5.62. The lowest BCUT2D eigenvalue weighted by atomic mass is 10.0. The highest BCUT2D eigenvalue weighted by molar-refractivity contribution is 5.75. The number of rotatable bonds is 5. The lowest BCUT2D eigenvalue weighted by Gasteiger charge is -2.25. The first kappa shape index (κ1) is 11.5. The van der Waals surface area contributed by atoms with Crippen molar-refractivity contribution in [2.75, 3.05) is 0 Å². The van der Waals surface area contributed by atoms with Gasteiger partial charge in [-0.15, -0.1) is 0 Å². The van der Waals surface area contributed by atoms with Crippen LogP contribution in [0.1, 0.15) is 51.9 Å². The zero-order valence-electron chi connectivity index (χ0n) is 8.87. The summed E-state index contributed by atoms with van der Waals surface area (Å²) in [6.45, 7) is 2.18. The molecule has 1 N–H and O–H groups in total. The molecule has 0 bridgehead atoms. The Balaban J connectivity index is 2.11. The van der Waals surface area contributed by atoms with Crippen molar-refractivity contribution in [3.8, 4) is 0 Å². The van der Waals surface area contributed by atoms with Gasteiger partial charge in [0.2, 0.25) is 0 Å². The SMILES string of the molecule is CCCCCCC1CCC(O)C(=O)O1. The maximum Gasteiger partial charge on any atom is 0.335 e. The van der Waals surface area contributed by atoms with Gasteiger partial charge in [-0.3, -0.25) is 0 Å². The molecule has 0 aromatic rings. The lowest BCUT2D eigenvalue weighted by Crippen LogP contribution is -2.34. The number of hydrogen-bond donors (Lipinski definition) is 1. The summed E-state index contributed by atoms with van der Waals surface area (Å²) in [7, 11) is 0. The van der Waals surface area contributed by atoms with Gasteiger partial charge in [-0.05, 0) is 25.7 Å². The number of ether oxygens (including phenoxy) is 1. The number of hydrogen-bond acceptors (Lipinski definition) is 3. The topological polar surface area (TPSA) is 46.5 Å². The number of carbonyl (C=O) groups excluding carboxylic acids is 1. The summed E-state index contributed by atoms with van der Waals surface area (Å²) in [6, 6.07) is 0. The Hall–Kier alpha value is -0.570. The third-order valence-corrected chi connectivity index (χ3v) is 2.70. The number of aliphatic hydroxyl groups excluding tert-OH is 1. The van der Waals surface area contributed by atoms with Crippen molar-refractivity contribution in [3.63, 3.8) is 0 Å². The van der Waals surface area contributed by atoms with Crippen LogP contribution in [0.15, 0.2) is 0 Å². The predicted octanol–water partition coefficient (Wildman–Crippen LogP) is 2.02. The van der Waals surface area contributed by atoms with E-state index in [0.29, 0.717) is 6.42 Å². The van der Waals surface area contributed by atoms with Crippen LogP contribution in [0.2, 0.25) is 0 Å². The molecule has 0 aliphatic carbocycles. The predicted molar refractivity (Wildman–Crippen MR) is 53.9 cm³/mol. The van der Waals surface area contributed by atoms with Gasteiger partial charge >= 0.3 is 5.97 Å². The summed E-state index contributed by atoms with van der Waals surface area (Å²) in [4.78, 5) is 11.0. The number of carbonyl (C=O) groups is 1. The average Bonchev–Trinajstić information content (AvgIpc) is 2.18. The van der Waals surface area contributed by atoms with Crippen LogP contribution >= 0.6 is 0 Å². The second kappa shape index (κ2) is 6.02. The van der Waals surface area contributed by atoms with Crippen molar-refractivity contribution in [2.45, 2.75) is 64.1 Å². The van der Waals surface area contributed by atoms with Gasteiger partial charge in [0.25, 0.3) is 0 Å². The largest absolute Gasteiger partial charge is 0.460 e. The highest BCUT2D eigenvalue weighted by Gasteiger charge is 2.27. The summed E-state index contributed by atoms with van der Waals surface area (Å²) in [5.41, 5.74) is 0. The molecule has 1 rings (SSSR count). The molecule has 2 atom stereocenters. The van der Waals surface area contributed by atoms with Gasteiger partial charge in [-0.25, -0.2) is 4.79 Å². The third kappa shape index (κ3) is 3.66. The molecular weight excluding hydrogens is 180 g/mol. The van der Waals surface area contributed by atoms with E-state index in [1.807, 2.05) is 0 Å². The fraction of sp³-hybridized carbons (Fsp3) is 0.909. The summed E-state index contributed by atoms with van der Waals surface area (Å²) < 4.78 is 5.09. The molecule has 14 heavy (non-hydrogen) atoms. The minimum Gasteiger partial charge on any atom is -0.460 e. The summed E-state index contributed by atoms with van der Waals surface area (Å²) in [5.74, 6) is -0.434. The van der Waals surface area contributed by atoms with Gasteiger partial charge in [-0.2, -0.15) is 0 Å². The minimum atomic E-state index is -0.873. The van der Waals surface area contributed by atoms with Crippen LogP contribution < -0.4 is 0 Å². The Morgan fingerprint density at radius 2 is 2.14 bits per heavy atom. The highest BCUT2D eigenvalue weighted by Crippen LogP contribution is 2.19. The van der Waals surface area contributed by atoms with Gasteiger partial charge in [0.1, 0.15) is 6.10 Å². The van der Waals surface area contributed by atoms with Crippen molar-refractivity contribution in [1.29, 1.82) is 0 Å². The molecule has 0 amide bonds. The van der Waals surface area contributed by atoms with Crippen LogP contribution in [-0.4, -0.2) is 23.3 Å². The number of aliphatic hydroxyl groups is 1. The molecule has 0 radical (unpaired) electrons. The first-order chi connectivity index (χ1) is 6.74. The molecule has 3 nitrogen and oxygen atoms in total. The number of cyclic esters (lactones) is 1. The van der Waals surface area contributed by atoms with Gasteiger partial charge in [-0.1, -0.05) is 26.2 Å². The van der Waals surface area contributed by atoms with E-state index in [1.54, 1.807) is 0 Å². The minimum absolute atomic E-state index is 0.0581. The van der Waals surface area contributed by atoms with Gasteiger partial charge in [0, 0.05) is 0 Å². The van der Waals surface area contributed by atoms with Gasteiger partial charge in [0.15, 0.2) is 6.10 Å². The number of unbranched alkanes of at least 4 members (excludes halogenated alkanes) is 3. The van der Waals surface area contributed by atoms with Crippen molar-refractivity contribution in [2.24, 2.45) is 0 Å². The molecule has 0 saturated carbocycles. The van der Waals surface area contributed by atoms with Crippen LogP contribution in [0.4, 0.5) is 0 Å². The lowest BCUT2D eigenvalue weighted by molar-refractivity contribution is -0.167. The monoisotopic (exact) mass is 200 g/mol. The second-order valence-corrected chi connectivity index (χ2v) is 4.00. The van der Waals surface area contributed by atoms with Gasteiger partial charge in [0.05, 0.1) is 0 Å². The molecule has 1 saturated heterocycles. The third-order valence-electron chi connectivity index (χ3n) is 2.70. The summed E-state index contributed by atoms with van der Waals surface area (Å²) in [6.07, 6.45) is 6.35. The quantitative estimate of drug-likeness (QED) is 0.545. The van der Waals surface area contributed by atoms with Gasteiger partial charge < -0.3 is 9.84 Å². The zero-order valence-corrected chi connectivity index (χ0v) is 8.87. The molecule has 3 heteroatoms. The molecule has 1 heterocycles. The second-order valence-electron chi connectivity index (χ2n) is 4.00. The van der Waals surface area contributed by atoms with Crippen molar-refractivity contribution >= 4 is 5.97 Å². The van der Waals surface area contributed by atoms with E-state index in [0.717, 1.165) is 19.3 Å². The van der Waals surface area contributed by atoms with E-state index in [1.165, 1.54) is 19.3 Å². The molecule has 1 fully saturated rings. The smallest absolute Gasteiger partial charge is 0.335 e. The van der Waals surface area contributed by atoms with E-state index >= 15 is 0 Å². The maximum absolute atomic E-state index is 11.0. The van der Waals surface area contributed by atoms with Crippen LogP contribution in [0.5, 0.6) is 0 Å². The van der Waals surface area contributed by atoms with E-state index in [9.17, 15) is 4.79 Å². The molecule has 2 unspecified atom stereocenters. The van der Waals surface area contributed by atoms with E-state index in [2.05, 4.69) is 6.92 Å². The maximum atomic E-state index is 11.0. The molecule has 0 spiro atoms. The van der Waals surface area contributed by atoms with E-state index in [4.69, 9.17) is 9.84 Å². The zero-order chi connectivity index (χ0) is 10.4. The summed E-state index contributed by atoms with van der Waals surface area (Å²) in [5, 5.41) is 9.13. The fourth-order valence-corrected chi connectivity index (χ4v) is 1.77.